The van der Waals surface area contributed by atoms with Crippen LogP contribution in [0.1, 0.15) is 34.0 Å². The average Bonchev–Trinajstić information content (AvgIpc) is 3.04. The summed E-state index contributed by atoms with van der Waals surface area (Å²) in [5, 5.41) is 6.32. The van der Waals surface area contributed by atoms with Crippen LogP contribution < -0.4 is 10.6 Å². The van der Waals surface area contributed by atoms with E-state index in [1.807, 2.05) is 55.5 Å². The van der Waals surface area contributed by atoms with Gasteiger partial charge in [0.1, 0.15) is 6.04 Å². The zero-order valence-corrected chi connectivity index (χ0v) is 19.1. The molecule has 168 valence electrons. The number of aryl methyl sites for hydroxylation is 1. The molecule has 3 aromatic rings. The van der Waals surface area contributed by atoms with Gasteiger partial charge < -0.3 is 10.6 Å². The molecule has 33 heavy (non-hydrogen) atoms. The van der Waals surface area contributed by atoms with Crippen LogP contribution in [0.4, 0.5) is 16.2 Å². The predicted octanol–water partition coefficient (Wildman–Crippen LogP) is 5.11. The molecule has 1 heterocycles. The highest BCUT2D eigenvalue weighted by Crippen LogP contribution is 2.28. The predicted molar refractivity (Wildman–Crippen MR) is 129 cm³/mol. The van der Waals surface area contributed by atoms with Crippen LogP contribution in [0.25, 0.3) is 0 Å². The smallest absolute Gasteiger partial charge is 0.324 e. The third-order valence-corrected chi connectivity index (χ3v) is 6.04. The third kappa shape index (κ3) is 4.76. The highest BCUT2D eigenvalue weighted by atomic mass is 35.5. The fourth-order valence-electron chi connectivity index (χ4n) is 3.87. The van der Waals surface area contributed by atoms with Gasteiger partial charge in [0.05, 0.1) is 5.02 Å². The molecule has 0 spiro atoms. The minimum atomic E-state index is -0.492. The number of rotatable bonds is 7. The number of anilines is 2. The molecular weight excluding hydrogens is 438 g/mol. The lowest BCUT2D eigenvalue weighted by atomic mass is 9.99. The first-order valence-electron chi connectivity index (χ1n) is 10.7. The van der Waals surface area contributed by atoms with Gasteiger partial charge in [0.2, 0.25) is 0 Å². The minimum Gasteiger partial charge on any atom is -0.355 e. The third-order valence-electron chi connectivity index (χ3n) is 5.73. The molecule has 7 heteroatoms. The van der Waals surface area contributed by atoms with Crippen molar-refractivity contribution in [3.8, 4) is 0 Å². The summed E-state index contributed by atoms with van der Waals surface area (Å²) in [6.45, 7) is 3.86. The van der Waals surface area contributed by atoms with E-state index >= 15 is 0 Å². The Labute approximate surface area is 197 Å². The van der Waals surface area contributed by atoms with Crippen molar-refractivity contribution in [2.75, 3.05) is 11.9 Å². The molecule has 1 aliphatic heterocycles. The van der Waals surface area contributed by atoms with Crippen LogP contribution >= 0.6 is 11.6 Å². The zero-order valence-electron chi connectivity index (χ0n) is 18.4. The highest BCUT2D eigenvalue weighted by Gasteiger charge is 2.34. The SMILES string of the molecule is Cc1ccccc1C(=O)c1ccc(Nc2ccccc2CCN2C(=O)NC(C)C2=O)cc1Cl. The van der Waals surface area contributed by atoms with Gasteiger partial charge >= 0.3 is 6.03 Å². The summed E-state index contributed by atoms with van der Waals surface area (Å²) in [5.41, 5.74) is 4.49. The van der Waals surface area contributed by atoms with E-state index in [4.69, 9.17) is 11.6 Å². The number of halogens is 1. The van der Waals surface area contributed by atoms with E-state index in [-0.39, 0.29) is 17.7 Å². The molecule has 0 aliphatic carbocycles. The van der Waals surface area contributed by atoms with Gasteiger partial charge in [-0.2, -0.15) is 0 Å². The van der Waals surface area contributed by atoms with Crippen molar-refractivity contribution in [1.29, 1.82) is 0 Å². The Morgan fingerprint density at radius 1 is 1.03 bits per heavy atom. The zero-order chi connectivity index (χ0) is 23.5. The summed E-state index contributed by atoms with van der Waals surface area (Å²) in [6, 6.07) is 19.5. The normalized spacial score (nSPS) is 15.5. The number of hydrogen-bond acceptors (Lipinski definition) is 4. The molecule has 1 atom stereocenters. The van der Waals surface area contributed by atoms with E-state index in [2.05, 4.69) is 10.6 Å². The highest BCUT2D eigenvalue weighted by molar-refractivity contribution is 6.35. The molecule has 0 radical (unpaired) electrons. The number of nitrogens with zero attached hydrogens (tertiary/aromatic N) is 1. The Hall–Kier alpha value is -3.64. The second kappa shape index (κ2) is 9.46. The summed E-state index contributed by atoms with van der Waals surface area (Å²) >= 11 is 6.48. The second-order valence-corrected chi connectivity index (χ2v) is 8.44. The maximum atomic E-state index is 12.9. The van der Waals surface area contributed by atoms with Gasteiger partial charge in [-0.25, -0.2) is 4.79 Å². The maximum Gasteiger partial charge on any atom is 0.324 e. The molecule has 1 unspecified atom stereocenters. The van der Waals surface area contributed by atoms with E-state index in [0.717, 1.165) is 22.5 Å². The molecular formula is C26H24ClN3O3. The Bertz CT molecular complexity index is 1240. The summed E-state index contributed by atoms with van der Waals surface area (Å²) in [6.07, 6.45) is 0.507. The summed E-state index contributed by atoms with van der Waals surface area (Å²) in [5.74, 6) is -0.334. The summed E-state index contributed by atoms with van der Waals surface area (Å²) in [4.78, 5) is 38.3. The van der Waals surface area contributed by atoms with Gasteiger partial charge in [-0.3, -0.25) is 14.5 Å². The molecule has 2 N–H and O–H groups in total. The number of nitrogens with one attached hydrogen (secondary N) is 2. The molecule has 3 amide bonds. The number of benzene rings is 3. The molecule has 0 aromatic heterocycles. The van der Waals surface area contributed by atoms with Gasteiger partial charge in [0.25, 0.3) is 5.91 Å². The molecule has 0 saturated carbocycles. The number of para-hydroxylation sites is 1. The minimum absolute atomic E-state index is 0.118. The van der Waals surface area contributed by atoms with Crippen LogP contribution in [0, 0.1) is 6.92 Å². The number of amides is 3. The summed E-state index contributed by atoms with van der Waals surface area (Å²) < 4.78 is 0. The standard InChI is InChI=1S/C26H24ClN3O3/c1-16-7-3-5-9-20(16)24(31)21-12-11-19(15-22(21)27)29-23-10-6-4-8-18(23)13-14-30-25(32)17(2)28-26(30)33/h3-12,15,17,29H,13-14H2,1-2H3,(H,28,33). The molecule has 6 nitrogen and oxygen atoms in total. The van der Waals surface area contributed by atoms with Crippen molar-refractivity contribution >= 4 is 40.7 Å². The average molecular weight is 462 g/mol. The fourth-order valence-corrected chi connectivity index (χ4v) is 4.13. The Balaban J connectivity index is 1.50. The van der Waals surface area contributed by atoms with Crippen LogP contribution in [0.3, 0.4) is 0 Å². The van der Waals surface area contributed by atoms with Gasteiger partial charge in [0, 0.05) is 29.0 Å². The molecule has 1 aliphatic rings. The van der Waals surface area contributed by atoms with Crippen molar-refractivity contribution in [2.24, 2.45) is 0 Å². The molecule has 0 bridgehead atoms. The number of imide groups is 1. The quantitative estimate of drug-likeness (QED) is 0.378. The van der Waals surface area contributed by atoms with Crippen molar-refractivity contribution in [3.05, 3.63) is 94.0 Å². The number of carbonyl (C=O) groups is 3. The van der Waals surface area contributed by atoms with Gasteiger partial charge in [-0.1, -0.05) is 54.1 Å². The number of ketones is 1. The lowest BCUT2D eigenvalue weighted by molar-refractivity contribution is -0.127. The number of urea groups is 1. The van der Waals surface area contributed by atoms with E-state index in [9.17, 15) is 14.4 Å². The van der Waals surface area contributed by atoms with Crippen LogP contribution in [0.5, 0.6) is 0 Å². The lowest BCUT2D eigenvalue weighted by Gasteiger charge is -2.16. The maximum absolute atomic E-state index is 12.9. The van der Waals surface area contributed by atoms with Crippen molar-refractivity contribution in [1.82, 2.24) is 10.2 Å². The number of carbonyl (C=O) groups excluding carboxylic acids is 3. The van der Waals surface area contributed by atoms with Crippen LogP contribution in [0.2, 0.25) is 5.02 Å². The van der Waals surface area contributed by atoms with Crippen LogP contribution in [-0.2, 0) is 11.2 Å². The van der Waals surface area contributed by atoms with Gasteiger partial charge in [0.15, 0.2) is 5.78 Å². The number of hydrogen-bond donors (Lipinski definition) is 2. The van der Waals surface area contributed by atoms with E-state index in [0.29, 0.717) is 29.1 Å². The first-order valence-corrected chi connectivity index (χ1v) is 11.1. The van der Waals surface area contributed by atoms with Crippen molar-refractivity contribution in [3.63, 3.8) is 0 Å². The molecule has 1 fully saturated rings. The second-order valence-electron chi connectivity index (χ2n) is 8.03. The first-order chi connectivity index (χ1) is 15.8. The molecule has 1 saturated heterocycles. The lowest BCUT2D eigenvalue weighted by Crippen LogP contribution is -2.33. The van der Waals surface area contributed by atoms with Crippen LogP contribution in [-0.4, -0.2) is 35.2 Å². The topological polar surface area (TPSA) is 78.5 Å². The Kier molecular flexibility index (Phi) is 6.47. The monoisotopic (exact) mass is 461 g/mol. The Morgan fingerprint density at radius 2 is 1.76 bits per heavy atom. The largest absolute Gasteiger partial charge is 0.355 e. The fraction of sp³-hybridized carbons (Fsp3) is 0.192. The first kappa shape index (κ1) is 22.6. The van der Waals surface area contributed by atoms with Gasteiger partial charge in [-0.05, 0) is 55.7 Å². The molecule has 3 aromatic carbocycles. The summed E-state index contributed by atoms with van der Waals surface area (Å²) in [7, 11) is 0. The van der Waals surface area contributed by atoms with Crippen molar-refractivity contribution < 1.29 is 14.4 Å². The van der Waals surface area contributed by atoms with E-state index in [1.165, 1.54) is 4.90 Å². The Morgan fingerprint density at radius 3 is 2.45 bits per heavy atom. The van der Waals surface area contributed by atoms with Gasteiger partial charge in [-0.15, -0.1) is 0 Å². The van der Waals surface area contributed by atoms with Crippen LogP contribution in [0.15, 0.2) is 66.7 Å². The van der Waals surface area contributed by atoms with E-state index in [1.54, 1.807) is 25.1 Å². The van der Waals surface area contributed by atoms with Crippen molar-refractivity contribution in [2.45, 2.75) is 26.3 Å². The van der Waals surface area contributed by atoms with E-state index < -0.39 is 6.04 Å². The molecule has 4 rings (SSSR count).